The van der Waals surface area contributed by atoms with E-state index >= 15 is 0 Å². The fourth-order valence-corrected chi connectivity index (χ4v) is 1.96. The van der Waals surface area contributed by atoms with Gasteiger partial charge < -0.3 is 10.1 Å². The predicted molar refractivity (Wildman–Crippen MR) is 60.6 cm³/mol. The maximum absolute atomic E-state index is 5.64. The molecule has 14 heavy (non-hydrogen) atoms. The fourth-order valence-electron chi connectivity index (χ4n) is 1.96. The van der Waals surface area contributed by atoms with Gasteiger partial charge in [0.05, 0.1) is 12.7 Å². The molecule has 0 aromatic rings. The molecule has 0 aromatic heterocycles. The Hall–Kier alpha value is -0.0800. The van der Waals surface area contributed by atoms with E-state index in [1.807, 2.05) is 0 Å². The minimum absolute atomic E-state index is 0.495. The summed E-state index contributed by atoms with van der Waals surface area (Å²) in [6, 6.07) is 0. The number of morpholine rings is 1. The Morgan fingerprint density at radius 3 is 2.64 bits per heavy atom. The summed E-state index contributed by atoms with van der Waals surface area (Å²) >= 11 is 0. The van der Waals surface area contributed by atoms with Crippen molar-refractivity contribution < 1.29 is 4.74 Å². The molecule has 1 N–H and O–H groups in total. The van der Waals surface area contributed by atoms with Crippen LogP contribution in [-0.2, 0) is 4.74 Å². The van der Waals surface area contributed by atoms with E-state index in [4.69, 9.17) is 4.74 Å². The average molecular weight is 199 g/mol. The van der Waals surface area contributed by atoms with E-state index in [0.29, 0.717) is 6.10 Å². The Kier molecular flexibility index (Phi) is 7.06. The summed E-state index contributed by atoms with van der Waals surface area (Å²) in [6.07, 6.45) is 10.1. The molecule has 1 aliphatic rings. The van der Waals surface area contributed by atoms with Gasteiger partial charge >= 0.3 is 0 Å². The van der Waals surface area contributed by atoms with Gasteiger partial charge in [0.2, 0.25) is 0 Å². The van der Waals surface area contributed by atoms with Crippen molar-refractivity contribution in [2.24, 2.45) is 0 Å². The minimum Gasteiger partial charge on any atom is -0.376 e. The zero-order chi connectivity index (χ0) is 10.1. The lowest BCUT2D eigenvalue weighted by Crippen LogP contribution is -2.38. The zero-order valence-corrected chi connectivity index (χ0v) is 9.56. The molecule has 1 unspecified atom stereocenters. The smallest absolute Gasteiger partial charge is 0.0700 e. The molecule has 84 valence electrons. The van der Waals surface area contributed by atoms with Gasteiger partial charge in [-0.15, -0.1) is 0 Å². The fraction of sp³-hybridized carbons (Fsp3) is 1.00. The van der Waals surface area contributed by atoms with Crippen molar-refractivity contribution in [1.82, 2.24) is 5.32 Å². The Morgan fingerprint density at radius 2 is 1.93 bits per heavy atom. The lowest BCUT2D eigenvalue weighted by Gasteiger charge is -2.23. The highest BCUT2D eigenvalue weighted by atomic mass is 16.5. The van der Waals surface area contributed by atoms with Crippen molar-refractivity contribution >= 4 is 0 Å². The SMILES string of the molecule is CCCCCCCCC1CNCCO1. The number of hydrogen-bond acceptors (Lipinski definition) is 2. The first-order chi connectivity index (χ1) is 6.93. The molecule has 2 nitrogen and oxygen atoms in total. The van der Waals surface area contributed by atoms with Gasteiger partial charge in [-0.3, -0.25) is 0 Å². The van der Waals surface area contributed by atoms with Crippen molar-refractivity contribution in [1.29, 1.82) is 0 Å². The van der Waals surface area contributed by atoms with Gasteiger partial charge in [0.1, 0.15) is 0 Å². The molecule has 1 saturated heterocycles. The molecular formula is C12H25NO. The van der Waals surface area contributed by atoms with Crippen molar-refractivity contribution in [3.63, 3.8) is 0 Å². The first-order valence-corrected chi connectivity index (χ1v) is 6.26. The Labute approximate surface area is 88.4 Å². The summed E-state index contributed by atoms with van der Waals surface area (Å²) in [5.74, 6) is 0. The van der Waals surface area contributed by atoms with E-state index in [0.717, 1.165) is 19.7 Å². The molecule has 0 bridgehead atoms. The van der Waals surface area contributed by atoms with E-state index in [1.54, 1.807) is 0 Å². The summed E-state index contributed by atoms with van der Waals surface area (Å²) in [6.45, 7) is 5.27. The lowest BCUT2D eigenvalue weighted by atomic mass is 10.1. The second-order valence-electron chi connectivity index (χ2n) is 4.25. The molecule has 1 heterocycles. The van der Waals surface area contributed by atoms with Crippen molar-refractivity contribution in [3.8, 4) is 0 Å². The number of nitrogens with one attached hydrogen (secondary N) is 1. The maximum Gasteiger partial charge on any atom is 0.0700 e. The summed E-state index contributed by atoms with van der Waals surface area (Å²) in [7, 11) is 0. The Balaban J connectivity index is 1.82. The van der Waals surface area contributed by atoms with Gasteiger partial charge in [-0.1, -0.05) is 45.4 Å². The molecule has 0 saturated carbocycles. The van der Waals surface area contributed by atoms with E-state index in [2.05, 4.69) is 12.2 Å². The monoisotopic (exact) mass is 199 g/mol. The molecule has 0 spiro atoms. The summed E-state index contributed by atoms with van der Waals surface area (Å²) in [5.41, 5.74) is 0. The van der Waals surface area contributed by atoms with Gasteiger partial charge in [0.15, 0.2) is 0 Å². The third-order valence-corrected chi connectivity index (χ3v) is 2.88. The molecule has 0 aromatic carbocycles. The van der Waals surface area contributed by atoms with Gasteiger partial charge in [-0.2, -0.15) is 0 Å². The van der Waals surface area contributed by atoms with Crippen molar-refractivity contribution in [3.05, 3.63) is 0 Å². The maximum atomic E-state index is 5.64. The lowest BCUT2D eigenvalue weighted by molar-refractivity contribution is 0.0220. The number of unbranched alkanes of at least 4 members (excludes halogenated alkanes) is 5. The third-order valence-electron chi connectivity index (χ3n) is 2.88. The second kappa shape index (κ2) is 8.25. The zero-order valence-electron chi connectivity index (χ0n) is 9.56. The van der Waals surface area contributed by atoms with Gasteiger partial charge in [0, 0.05) is 13.1 Å². The van der Waals surface area contributed by atoms with Crippen LogP contribution in [-0.4, -0.2) is 25.8 Å². The molecule has 0 amide bonds. The molecule has 0 aliphatic carbocycles. The van der Waals surface area contributed by atoms with Crippen LogP contribution in [0.5, 0.6) is 0 Å². The van der Waals surface area contributed by atoms with Crippen LogP contribution in [0.3, 0.4) is 0 Å². The number of hydrogen-bond donors (Lipinski definition) is 1. The van der Waals surface area contributed by atoms with E-state index in [9.17, 15) is 0 Å². The van der Waals surface area contributed by atoms with E-state index in [1.165, 1.54) is 44.9 Å². The van der Waals surface area contributed by atoms with Crippen LogP contribution in [0.4, 0.5) is 0 Å². The largest absolute Gasteiger partial charge is 0.376 e. The normalized spacial score (nSPS) is 22.5. The van der Waals surface area contributed by atoms with Crippen LogP contribution in [0.25, 0.3) is 0 Å². The predicted octanol–water partition coefficient (Wildman–Crippen LogP) is 2.73. The van der Waals surface area contributed by atoms with Crippen molar-refractivity contribution in [2.75, 3.05) is 19.7 Å². The van der Waals surface area contributed by atoms with Crippen LogP contribution in [0.15, 0.2) is 0 Å². The van der Waals surface area contributed by atoms with Gasteiger partial charge in [-0.05, 0) is 6.42 Å². The number of rotatable bonds is 7. The van der Waals surface area contributed by atoms with Crippen molar-refractivity contribution in [2.45, 2.75) is 58.0 Å². The first kappa shape index (κ1) is 12.0. The molecule has 1 aliphatic heterocycles. The van der Waals surface area contributed by atoms with E-state index in [-0.39, 0.29) is 0 Å². The van der Waals surface area contributed by atoms with Crippen LogP contribution in [0.1, 0.15) is 51.9 Å². The highest BCUT2D eigenvalue weighted by molar-refractivity contribution is 4.66. The Morgan fingerprint density at radius 1 is 1.14 bits per heavy atom. The summed E-state index contributed by atoms with van der Waals surface area (Å²) in [5, 5.41) is 3.37. The highest BCUT2D eigenvalue weighted by Gasteiger charge is 2.11. The quantitative estimate of drug-likeness (QED) is 0.637. The molecule has 1 atom stereocenters. The van der Waals surface area contributed by atoms with E-state index < -0.39 is 0 Å². The van der Waals surface area contributed by atoms with Gasteiger partial charge in [0.25, 0.3) is 0 Å². The molecule has 1 fully saturated rings. The average Bonchev–Trinajstić information content (AvgIpc) is 2.25. The number of ether oxygens (including phenoxy) is 1. The van der Waals surface area contributed by atoms with Crippen LogP contribution in [0, 0.1) is 0 Å². The second-order valence-corrected chi connectivity index (χ2v) is 4.25. The Bertz CT molecular complexity index is 121. The topological polar surface area (TPSA) is 21.3 Å². The molecule has 2 heteroatoms. The molecule has 1 rings (SSSR count). The minimum atomic E-state index is 0.495. The van der Waals surface area contributed by atoms with Crippen LogP contribution >= 0.6 is 0 Å². The summed E-state index contributed by atoms with van der Waals surface area (Å²) < 4.78 is 5.64. The van der Waals surface area contributed by atoms with Crippen LogP contribution in [0.2, 0.25) is 0 Å². The third kappa shape index (κ3) is 5.61. The highest BCUT2D eigenvalue weighted by Crippen LogP contribution is 2.11. The standard InChI is InChI=1S/C12H25NO/c1-2-3-4-5-6-7-8-12-11-13-9-10-14-12/h12-13H,2-11H2,1H3. The molecule has 0 radical (unpaired) electrons. The van der Waals surface area contributed by atoms with Crippen LogP contribution < -0.4 is 5.32 Å². The molecular weight excluding hydrogens is 174 g/mol. The summed E-state index contributed by atoms with van der Waals surface area (Å²) in [4.78, 5) is 0. The first-order valence-electron chi connectivity index (χ1n) is 6.26. The van der Waals surface area contributed by atoms with Gasteiger partial charge in [-0.25, -0.2) is 0 Å².